The summed E-state index contributed by atoms with van der Waals surface area (Å²) in [7, 11) is -3.63. The van der Waals surface area contributed by atoms with E-state index in [4.69, 9.17) is 0 Å². The van der Waals surface area contributed by atoms with Crippen LogP contribution in [0.2, 0.25) is 0 Å². The summed E-state index contributed by atoms with van der Waals surface area (Å²) in [6, 6.07) is 13.4. The minimum atomic E-state index is -3.63. The molecule has 4 rings (SSSR count). The fraction of sp³-hybridized carbons (Fsp3) is 0.250. The van der Waals surface area contributed by atoms with Crippen LogP contribution in [-0.4, -0.2) is 35.6 Å². The van der Waals surface area contributed by atoms with E-state index >= 15 is 0 Å². The van der Waals surface area contributed by atoms with Gasteiger partial charge in [0.05, 0.1) is 11.4 Å². The Labute approximate surface area is 169 Å². The number of aromatic nitrogens is 3. The van der Waals surface area contributed by atoms with Gasteiger partial charge in [-0.1, -0.05) is 18.2 Å². The van der Waals surface area contributed by atoms with Crippen molar-refractivity contribution in [2.24, 2.45) is 5.92 Å². The predicted molar refractivity (Wildman–Crippen MR) is 108 cm³/mol. The van der Waals surface area contributed by atoms with E-state index in [1.54, 1.807) is 29.2 Å². The molecule has 0 radical (unpaired) electrons. The molecule has 2 N–H and O–H groups in total. The molecule has 1 aliphatic rings. The molecular weight excluding hydrogens is 390 g/mol. The summed E-state index contributed by atoms with van der Waals surface area (Å²) in [5.41, 5.74) is 1.85. The Morgan fingerprint density at radius 2 is 1.97 bits per heavy atom. The minimum Gasteiger partial charge on any atom is -0.322 e. The summed E-state index contributed by atoms with van der Waals surface area (Å²) in [6.07, 6.45) is 5.20. The van der Waals surface area contributed by atoms with Crippen molar-refractivity contribution >= 4 is 21.6 Å². The molecule has 150 valence electrons. The van der Waals surface area contributed by atoms with E-state index < -0.39 is 10.0 Å². The number of sulfonamides is 1. The van der Waals surface area contributed by atoms with E-state index in [1.807, 2.05) is 18.2 Å². The highest BCUT2D eigenvalue weighted by molar-refractivity contribution is 7.89. The van der Waals surface area contributed by atoms with Crippen molar-refractivity contribution in [2.75, 3.05) is 11.9 Å². The van der Waals surface area contributed by atoms with Crippen LogP contribution in [0.25, 0.3) is 0 Å². The Bertz CT molecular complexity index is 1110. The van der Waals surface area contributed by atoms with Gasteiger partial charge in [-0.3, -0.25) is 4.79 Å². The lowest BCUT2D eigenvalue weighted by Gasteiger charge is -2.10. The van der Waals surface area contributed by atoms with E-state index in [-0.39, 0.29) is 16.4 Å². The third kappa shape index (κ3) is 5.07. The number of benzene rings is 2. The quantitative estimate of drug-likeness (QED) is 0.591. The highest BCUT2D eigenvalue weighted by Gasteiger charge is 2.24. The SMILES string of the molecule is O=C(Nc1cccc(Cn2cncn2)c1)c1cccc(S(=O)(=O)NCC2CC2)c1. The lowest BCUT2D eigenvalue weighted by molar-refractivity contribution is 0.102. The first-order valence-corrected chi connectivity index (χ1v) is 10.8. The Hall–Kier alpha value is -3.04. The summed E-state index contributed by atoms with van der Waals surface area (Å²) in [4.78, 5) is 16.6. The third-order valence-electron chi connectivity index (χ3n) is 4.66. The minimum absolute atomic E-state index is 0.0886. The average Bonchev–Trinajstić information content (AvgIpc) is 3.42. The van der Waals surface area contributed by atoms with Gasteiger partial charge in [-0.25, -0.2) is 22.8 Å². The maximum absolute atomic E-state index is 12.6. The molecule has 1 aliphatic carbocycles. The van der Waals surface area contributed by atoms with Crippen molar-refractivity contribution in [3.05, 3.63) is 72.3 Å². The van der Waals surface area contributed by atoms with Gasteiger partial charge in [0.1, 0.15) is 12.7 Å². The Kier molecular flexibility index (Phi) is 5.41. The van der Waals surface area contributed by atoms with Gasteiger partial charge in [0.2, 0.25) is 10.0 Å². The highest BCUT2D eigenvalue weighted by atomic mass is 32.2. The zero-order valence-electron chi connectivity index (χ0n) is 15.7. The van der Waals surface area contributed by atoms with Gasteiger partial charge in [0.15, 0.2) is 0 Å². The Morgan fingerprint density at radius 3 is 2.72 bits per heavy atom. The van der Waals surface area contributed by atoms with Gasteiger partial charge in [0.25, 0.3) is 5.91 Å². The van der Waals surface area contributed by atoms with Crippen LogP contribution in [0.5, 0.6) is 0 Å². The lowest BCUT2D eigenvalue weighted by atomic mass is 10.1. The van der Waals surface area contributed by atoms with E-state index in [1.165, 1.54) is 18.5 Å². The molecular formula is C20H21N5O3S. The smallest absolute Gasteiger partial charge is 0.255 e. The van der Waals surface area contributed by atoms with Gasteiger partial charge in [-0.15, -0.1) is 0 Å². The van der Waals surface area contributed by atoms with Crippen LogP contribution in [0.4, 0.5) is 5.69 Å². The molecule has 0 aliphatic heterocycles. The average molecular weight is 411 g/mol. The van der Waals surface area contributed by atoms with E-state index in [0.29, 0.717) is 24.7 Å². The molecule has 0 bridgehead atoms. The molecule has 0 atom stereocenters. The van der Waals surface area contributed by atoms with Crippen LogP contribution in [0.1, 0.15) is 28.8 Å². The summed E-state index contributed by atoms with van der Waals surface area (Å²) in [5.74, 6) is 0.0585. The van der Waals surface area contributed by atoms with Crippen LogP contribution >= 0.6 is 0 Å². The molecule has 1 saturated carbocycles. The molecule has 1 fully saturated rings. The van der Waals surface area contributed by atoms with Gasteiger partial charge < -0.3 is 5.32 Å². The summed E-state index contributed by atoms with van der Waals surface area (Å²) >= 11 is 0. The standard InChI is InChI=1S/C20H21N5O3S/c26-20(24-18-5-1-3-16(9-18)12-25-14-21-13-22-25)17-4-2-6-19(10-17)29(27,28)23-11-15-7-8-15/h1-6,9-10,13-15,23H,7-8,11-12H2,(H,24,26). The number of anilines is 1. The molecule has 0 unspecified atom stereocenters. The van der Waals surface area contributed by atoms with Crippen LogP contribution < -0.4 is 10.0 Å². The van der Waals surface area contributed by atoms with Gasteiger partial charge in [-0.05, 0) is 54.7 Å². The van der Waals surface area contributed by atoms with Crippen LogP contribution in [0.15, 0.2) is 66.1 Å². The predicted octanol–water partition coefficient (Wildman–Crippen LogP) is 2.27. The number of carbonyl (C=O) groups is 1. The first-order chi connectivity index (χ1) is 14.0. The topological polar surface area (TPSA) is 106 Å². The van der Waals surface area contributed by atoms with E-state index in [9.17, 15) is 13.2 Å². The molecule has 0 saturated heterocycles. The number of carbonyl (C=O) groups excluding carboxylic acids is 1. The van der Waals surface area contributed by atoms with Crippen molar-refractivity contribution in [3.8, 4) is 0 Å². The van der Waals surface area contributed by atoms with E-state index in [2.05, 4.69) is 20.1 Å². The maximum Gasteiger partial charge on any atom is 0.255 e. The molecule has 8 nitrogen and oxygen atoms in total. The van der Waals surface area contributed by atoms with Crippen LogP contribution in [-0.2, 0) is 16.6 Å². The van der Waals surface area contributed by atoms with Gasteiger partial charge in [-0.2, -0.15) is 5.10 Å². The molecule has 3 aromatic rings. The maximum atomic E-state index is 12.6. The third-order valence-corrected chi connectivity index (χ3v) is 6.08. The molecule has 9 heteroatoms. The number of hydrogen-bond donors (Lipinski definition) is 2. The second-order valence-electron chi connectivity index (χ2n) is 7.07. The molecule has 2 aromatic carbocycles. The normalized spacial score (nSPS) is 13.9. The van der Waals surface area contributed by atoms with Gasteiger partial charge >= 0.3 is 0 Å². The van der Waals surface area contributed by atoms with Gasteiger partial charge in [0, 0.05) is 17.8 Å². The van der Waals surface area contributed by atoms with Crippen LogP contribution in [0.3, 0.4) is 0 Å². The molecule has 1 aromatic heterocycles. The number of hydrogen-bond acceptors (Lipinski definition) is 5. The fourth-order valence-corrected chi connectivity index (χ4v) is 4.05. The second-order valence-corrected chi connectivity index (χ2v) is 8.84. The largest absolute Gasteiger partial charge is 0.322 e. The molecule has 0 spiro atoms. The zero-order chi connectivity index (χ0) is 20.3. The first-order valence-electron chi connectivity index (χ1n) is 9.32. The van der Waals surface area contributed by atoms with Crippen LogP contribution in [0, 0.1) is 5.92 Å². The van der Waals surface area contributed by atoms with Crippen molar-refractivity contribution in [1.82, 2.24) is 19.5 Å². The zero-order valence-corrected chi connectivity index (χ0v) is 16.5. The van der Waals surface area contributed by atoms with Crippen molar-refractivity contribution < 1.29 is 13.2 Å². The fourth-order valence-electron chi connectivity index (χ4n) is 2.89. The van der Waals surface area contributed by atoms with Crippen molar-refractivity contribution in [1.29, 1.82) is 0 Å². The number of amides is 1. The molecule has 1 amide bonds. The van der Waals surface area contributed by atoms with E-state index in [0.717, 1.165) is 18.4 Å². The molecule has 29 heavy (non-hydrogen) atoms. The number of rotatable bonds is 8. The van der Waals surface area contributed by atoms with Crippen molar-refractivity contribution in [3.63, 3.8) is 0 Å². The second kappa shape index (κ2) is 8.14. The highest BCUT2D eigenvalue weighted by Crippen LogP contribution is 2.28. The lowest BCUT2D eigenvalue weighted by Crippen LogP contribution is -2.26. The molecule has 1 heterocycles. The Morgan fingerprint density at radius 1 is 1.14 bits per heavy atom. The van der Waals surface area contributed by atoms with Crippen molar-refractivity contribution in [2.45, 2.75) is 24.3 Å². The number of nitrogens with zero attached hydrogens (tertiary/aromatic N) is 3. The summed E-state index contributed by atoms with van der Waals surface area (Å²) in [6.45, 7) is 0.974. The summed E-state index contributed by atoms with van der Waals surface area (Å²) < 4.78 is 29.2. The number of nitrogens with one attached hydrogen (secondary N) is 2. The Balaban J connectivity index is 1.46. The summed E-state index contributed by atoms with van der Waals surface area (Å²) in [5, 5.41) is 6.89. The monoisotopic (exact) mass is 411 g/mol. The first kappa shape index (κ1) is 19.3.